The van der Waals surface area contributed by atoms with Crippen LogP contribution in [0.25, 0.3) is 0 Å². The van der Waals surface area contributed by atoms with Crippen molar-refractivity contribution >= 4 is 538 Å². The second-order valence-electron chi connectivity index (χ2n) is 23.1. The third-order valence-corrected chi connectivity index (χ3v) is 28.3. The van der Waals surface area contributed by atoms with Gasteiger partial charge in [0, 0.05) is 46.2 Å². The van der Waals surface area contributed by atoms with Crippen LogP contribution >= 0.6 is 407 Å². The second kappa shape index (κ2) is 60.5. The first-order chi connectivity index (χ1) is 57.5. The highest BCUT2D eigenvalue weighted by atomic mass is 127. The van der Waals surface area contributed by atoms with Crippen LogP contribution in [-0.2, 0) is 88.9 Å². The van der Waals surface area contributed by atoms with Crippen LogP contribution in [0.3, 0.4) is 0 Å². The fourth-order valence-corrected chi connectivity index (χ4v) is 32.8. The molecule has 0 amide bonds. The van der Waals surface area contributed by atoms with Crippen LogP contribution in [0.2, 0.25) is 0 Å². The lowest BCUT2D eigenvalue weighted by Gasteiger charge is -2.12. The van der Waals surface area contributed by atoms with Crippen molar-refractivity contribution in [2.45, 2.75) is 64.2 Å². The van der Waals surface area contributed by atoms with Crippen LogP contribution in [0.1, 0.15) is 64.2 Å². The van der Waals surface area contributed by atoms with Gasteiger partial charge < -0.3 is 59.1 Å². The highest BCUT2D eigenvalue weighted by Crippen LogP contribution is 2.36. The Morgan fingerprint density at radius 1 is 0.270 bits per heavy atom. The van der Waals surface area contributed by atoms with Gasteiger partial charge in [-0.2, -0.15) is 26.4 Å². The molecule has 0 fully saturated rings. The maximum atomic E-state index is 11.8. The topological polar surface area (TPSA) is 575 Å². The van der Waals surface area contributed by atoms with Gasteiger partial charge in [-0.3, -0.25) is 19.2 Å². The number of ether oxygens (including phenoxy) is 6. The highest BCUT2D eigenvalue weighted by Gasteiger charge is 2.20. The van der Waals surface area contributed by atoms with Crippen molar-refractivity contribution in [3.05, 3.63) is 149 Å². The summed E-state index contributed by atoms with van der Waals surface area (Å²) in [4.78, 5) is 70.0. The lowest BCUT2D eigenvalue weighted by atomic mass is 10.2. The van der Waals surface area contributed by atoms with Gasteiger partial charge in [-0.15, -0.1) is 0 Å². The quantitative estimate of drug-likeness (QED) is 0.00837. The molecular weight excluding hydrogens is 3830 g/mol. The number of hydrogen-bond donors (Lipinski definition) is 0. The number of esters is 6. The van der Waals surface area contributed by atoms with Crippen LogP contribution in [0.5, 0.6) is 34.5 Å². The molecule has 0 N–H and O–H groups in total. The molecule has 36 nitrogen and oxygen atoms in total. The number of hydrogen-bond acceptors (Lipinski definition) is 30. The van der Waals surface area contributed by atoms with Gasteiger partial charge in [0.1, 0.15) is 0 Å². The molecule has 0 bridgehead atoms. The van der Waals surface area contributed by atoms with Gasteiger partial charge >= 0.3 is 35.8 Å². The SMILES string of the molecule is CS(=O)(=O)N=C([O-])/C=C/C(=O)Oc1c(I)cc(I)cc1I.CS(=O)(=O)N=C([O-])C(=O)Oc1c(I)cc(I)cc1I.CS(=O)(=O)N=C([O-])CC(=O)Oc1c(I)cc(I)cc1I.CS(=O)(=O)N=C([O-])CCC(=O)Oc1c(I)cc(I)cc1I.CS(=O)(=O)N=C([O-])CCCC(=O)Oc1c(I)cc(I)cc1I.CS(=O)(=O)N=C([O-])CCCCC(=O)Oc1c(I)cc(I)cc1I. The monoisotopic (exact) mass is 3880 g/mol. The summed E-state index contributed by atoms with van der Waals surface area (Å²) in [5.41, 5.74) is 0. The van der Waals surface area contributed by atoms with Crippen LogP contribution in [0, 0.1) is 64.3 Å². The number of rotatable bonds is 28. The molecule has 0 aliphatic heterocycles. The Bertz CT molecular complexity index is 5890. The summed E-state index contributed by atoms with van der Waals surface area (Å²) in [5.74, 6) is -7.84. The number of sulfonamides is 6. The third-order valence-electron chi connectivity index (χ3n) is 11.8. The number of benzene rings is 6. The van der Waals surface area contributed by atoms with Crippen LogP contribution in [0.4, 0.5) is 0 Å². The van der Waals surface area contributed by atoms with Crippen LogP contribution < -0.4 is 59.1 Å². The molecule has 694 valence electrons. The van der Waals surface area contributed by atoms with E-state index < -0.39 is 132 Å². The van der Waals surface area contributed by atoms with Crippen molar-refractivity contribution in [2.75, 3.05) is 37.5 Å². The van der Waals surface area contributed by atoms with Gasteiger partial charge in [0.15, 0.2) is 34.5 Å². The van der Waals surface area contributed by atoms with Crippen molar-refractivity contribution in [3.8, 4) is 34.5 Å². The van der Waals surface area contributed by atoms with Crippen molar-refractivity contribution in [2.24, 2.45) is 26.4 Å². The van der Waals surface area contributed by atoms with E-state index in [9.17, 15) is 110 Å². The summed E-state index contributed by atoms with van der Waals surface area (Å²) in [5, 5.41) is 67.3. The zero-order valence-corrected chi connectivity index (χ0v) is 107. The van der Waals surface area contributed by atoms with Crippen LogP contribution in [0.15, 0.2) is 111 Å². The number of unbranched alkanes of at least 4 members (excludes halogenated alkanes) is 1. The van der Waals surface area contributed by atoms with Crippen LogP contribution in [-0.4, -0.2) is 159 Å². The maximum Gasteiger partial charge on any atom is 0.348 e. The van der Waals surface area contributed by atoms with Gasteiger partial charge in [-0.05, 0) is 548 Å². The Kier molecular flexibility index (Phi) is 60.3. The lowest BCUT2D eigenvalue weighted by Crippen LogP contribution is -2.33. The molecule has 0 aromatic heterocycles. The fraction of sp³-hybridized carbons (Fsp3) is 0.242. The lowest BCUT2D eigenvalue weighted by molar-refractivity contribution is -0.221. The number of halogens is 18. The highest BCUT2D eigenvalue weighted by molar-refractivity contribution is 14.1. The molecule has 0 spiro atoms. The van der Waals surface area contributed by atoms with E-state index in [1.165, 1.54) is 0 Å². The molecule has 6 aromatic rings. The van der Waals surface area contributed by atoms with E-state index in [4.69, 9.17) is 28.4 Å². The number of nitrogens with zero attached hydrogens (tertiary/aromatic N) is 6. The normalized spacial score (nSPS) is 12.3. The summed E-state index contributed by atoms with van der Waals surface area (Å²) >= 11 is 37.4. The predicted octanol–water partition coefficient (Wildman–Crippen LogP) is 11.2. The van der Waals surface area contributed by atoms with Crippen molar-refractivity contribution < 1.29 is 138 Å². The summed E-state index contributed by atoms with van der Waals surface area (Å²) in [6.07, 6.45) is 6.22. The minimum atomic E-state index is -3.92. The summed E-state index contributed by atoms with van der Waals surface area (Å²) < 4.78 is 193. The first kappa shape index (κ1) is 126. The van der Waals surface area contributed by atoms with Crippen molar-refractivity contribution in [3.63, 3.8) is 0 Å². The summed E-state index contributed by atoms with van der Waals surface area (Å²) in [6.45, 7) is 0. The van der Waals surface area contributed by atoms with Gasteiger partial charge in [-0.25, -0.2) is 60.1 Å². The van der Waals surface area contributed by atoms with E-state index in [2.05, 4.69) is 297 Å². The smallest absolute Gasteiger partial charge is 0.348 e. The minimum absolute atomic E-state index is 0.00104. The Hall–Kier alpha value is 1.54. The molecule has 60 heteroatoms. The van der Waals surface area contributed by atoms with Gasteiger partial charge in [0.05, 0.1) is 99.1 Å². The molecule has 6 rings (SSSR count). The first-order valence-corrected chi connectivity index (χ1v) is 62.6. The summed E-state index contributed by atoms with van der Waals surface area (Å²) in [6, 6.07) is 22.1. The van der Waals surface area contributed by atoms with E-state index in [0.717, 1.165) is 107 Å². The number of carbonyl (C=O) groups is 6. The minimum Gasteiger partial charge on any atom is -0.861 e. The number of carbonyl (C=O) groups excluding carboxylic acids is 6. The molecule has 0 saturated heterocycles. The molecule has 0 radical (unpaired) electrons. The Morgan fingerprint density at radius 2 is 0.492 bits per heavy atom. The molecule has 126 heavy (non-hydrogen) atoms. The fourth-order valence-electron chi connectivity index (χ4n) is 7.37. The Balaban J connectivity index is 0.000000757. The molecule has 0 atom stereocenters. The first-order valence-electron chi connectivity index (χ1n) is 32.1. The van der Waals surface area contributed by atoms with E-state index in [1.807, 2.05) is 196 Å². The predicted molar refractivity (Wildman–Crippen MR) is 610 cm³/mol. The Labute approximate surface area is 969 Å². The molecule has 0 saturated carbocycles. The largest absolute Gasteiger partial charge is 0.861 e. The molecule has 0 aliphatic rings. The molecule has 6 aromatic carbocycles. The van der Waals surface area contributed by atoms with E-state index >= 15 is 0 Å². The third kappa shape index (κ3) is 58.4. The average molecular weight is 3890 g/mol. The molecule has 0 aliphatic carbocycles. The van der Waals surface area contributed by atoms with Gasteiger partial charge in [0.25, 0.3) is 0 Å². The maximum absolute atomic E-state index is 11.8. The van der Waals surface area contributed by atoms with E-state index in [1.54, 1.807) is 12.1 Å². The molecule has 0 unspecified atom stereocenters. The van der Waals surface area contributed by atoms with Crippen molar-refractivity contribution in [1.29, 1.82) is 0 Å². The average Bonchev–Trinajstić information content (AvgIpc) is 0.851. The summed E-state index contributed by atoms with van der Waals surface area (Å²) in [7, 11) is -22.6. The van der Waals surface area contributed by atoms with Crippen molar-refractivity contribution in [1.82, 2.24) is 0 Å². The zero-order chi connectivity index (χ0) is 97.2. The second-order valence-corrected chi connectivity index (χ2v) is 54.4. The van der Waals surface area contributed by atoms with E-state index in [0.29, 0.717) is 48.7 Å². The van der Waals surface area contributed by atoms with Gasteiger partial charge in [-0.1, -0.05) is 0 Å². The Morgan fingerprint density at radius 3 is 0.778 bits per heavy atom. The standard InChI is InChI=1S/C13H14I3NO5S.C12H12I3NO5S.C11H10I3NO5S.C11H8I3NO5S.C10H8I3NO5S.C9H6I3NO5S/c1-23(20,21)17-11(18)4-2-3-5-12(19)22-13-9(15)6-8(14)7-10(13)16;1-22(19,20)16-10(17)3-2-4-11(18)21-12-8(14)5-7(13)6-9(12)15;2*1-21(18,19)15-9(16)2-3-10(17)20-11-7(13)4-6(12)5-8(11)14;1-20(17,18)14-8(15)4-9(16)19-10-6(12)2-5(11)3-7(10)13;1-19(16,17)13-8(14)9(15)18-7-5(11)2-4(10)3-6(7)12/h6-7H,2-5H2,1H3,(H,17,18);5-6H,2-4H2,1H3,(H,16,17);4-5H,2-3H2,1H3,(H,15,16);2-5H,1H3,(H,15,16);2-3H,4H2,1H3,(H,14,15);2-3H,1H3,(H,13,14)/p-6/b;;;3-2+;;. The van der Waals surface area contributed by atoms with E-state index in [-0.39, 0.29) is 56.7 Å². The van der Waals surface area contributed by atoms with Gasteiger partial charge in [0.2, 0.25) is 60.1 Å². The zero-order valence-electron chi connectivity index (χ0n) is 63.3. The molecule has 0 heterocycles. The molecular formula is C66H52I18N6O30S6-6.